The second-order valence-electron chi connectivity index (χ2n) is 4.81. The van der Waals surface area contributed by atoms with Gasteiger partial charge >= 0.3 is 0 Å². The number of aromatic nitrogens is 2. The molecule has 0 bridgehead atoms. The number of hydrogen-bond donors (Lipinski definition) is 1. The fourth-order valence-corrected chi connectivity index (χ4v) is 2.22. The molecular weight excluding hydrogens is 198 g/mol. The molecule has 0 fully saturated rings. The van der Waals surface area contributed by atoms with Crippen LogP contribution in [0.1, 0.15) is 50.8 Å². The van der Waals surface area contributed by atoms with E-state index in [1.165, 1.54) is 0 Å². The van der Waals surface area contributed by atoms with Gasteiger partial charge in [-0.15, -0.1) is 0 Å². The monoisotopic (exact) mass is 221 g/mol. The first kappa shape index (κ1) is 13.1. The van der Waals surface area contributed by atoms with Crippen molar-refractivity contribution in [1.29, 1.82) is 0 Å². The zero-order valence-electron chi connectivity index (χ0n) is 11.0. The predicted octanol–water partition coefficient (Wildman–Crippen LogP) is 2.43. The van der Waals surface area contributed by atoms with Crippen molar-refractivity contribution in [2.45, 2.75) is 53.0 Å². The number of hydrogen-bond acceptors (Lipinski definition) is 3. The highest BCUT2D eigenvalue weighted by Gasteiger charge is 2.22. The summed E-state index contributed by atoms with van der Waals surface area (Å²) in [6.45, 7) is 10.5. The fraction of sp³-hybridized carbons (Fsp3) is 0.692. The van der Waals surface area contributed by atoms with Crippen molar-refractivity contribution in [2.24, 2.45) is 11.7 Å². The van der Waals surface area contributed by atoms with Crippen LogP contribution < -0.4 is 5.73 Å². The Morgan fingerprint density at radius 3 is 2.31 bits per heavy atom. The van der Waals surface area contributed by atoms with Crippen molar-refractivity contribution >= 4 is 0 Å². The zero-order chi connectivity index (χ0) is 12.3. The molecule has 3 heteroatoms. The van der Waals surface area contributed by atoms with E-state index < -0.39 is 0 Å². The Balaban J connectivity index is 3.13. The molecule has 0 aromatic carbocycles. The van der Waals surface area contributed by atoms with Gasteiger partial charge in [0.05, 0.1) is 0 Å². The third kappa shape index (κ3) is 3.01. The summed E-state index contributed by atoms with van der Waals surface area (Å²) >= 11 is 0. The van der Waals surface area contributed by atoms with E-state index in [1.54, 1.807) is 0 Å². The lowest BCUT2D eigenvalue weighted by atomic mass is 9.86. The summed E-state index contributed by atoms with van der Waals surface area (Å²) in [7, 11) is 0. The van der Waals surface area contributed by atoms with E-state index in [0.29, 0.717) is 11.8 Å². The fourth-order valence-electron chi connectivity index (χ4n) is 2.22. The van der Waals surface area contributed by atoms with Crippen LogP contribution >= 0.6 is 0 Å². The molecule has 0 aliphatic rings. The molecule has 0 radical (unpaired) electrons. The number of aryl methyl sites for hydroxylation is 2. The summed E-state index contributed by atoms with van der Waals surface area (Å²) in [4.78, 5) is 8.93. The first-order chi connectivity index (χ1) is 7.45. The van der Waals surface area contributed by atoms with Crippen LogP contribution in [0.15, 0.2) is 6.07 Å². The smallest absolute Gasteiger partial charge is 0.125 e. The van der Waals surface area contributed by atoms with Gasteiger partial charge in [-0.2, -0.15) is 0 Å². The normalized spacial score (nSPS) is 15.2. The van der Waals surface area contributed by atoms with Gasteiger partial charge in [0.25, 0.3) is 0 Å². The molecular formula is C13H23N3. The first-order valence-electron chi connectivity index (χ1n) is 6.05. The van der Waals surface area contributed by atoms with E-state index in [2.05, 4.69) is 36.8 Å². The van der Waals surface area contributed by atoms with Crippen LogP contribution in [-0.2, 0) is 6.42 Å². The van der Waals surface area contributed by atoms with E-state index in [4.69, 9.17) is 5.73 Å². The van der Waals surface area contributed by atoms with Crippen molar-refractivity contribution in [2.75, 3.05) is 0 Å². The Labute approximate surface area is 98.5 Å². The number of rotatable bonds is 4. The van der Waals surface area contributed by atoms with Crippen LogP contribution in [0.3, 0.4) is 0 Å². The topological polar surface area (TPSA) is 51.8 Å². The Hall–Kier alpha value is -0.960. The van der Waals surface area contributed by atoms with Crippen LogP contribution in [0.4, 0.5) is 0 Å². The predicted molar refractivity (Wildman–Crippen MR) is 67.4 cm³/mol. The highest BCUT2D eigenvalue weighted by molar-refractivity contribution is 5.17. The summed E-state index contributed by atoms with van der Waals surface area (Å²) in [6, 6.07) is 2.22. The summed E-state index contributed by atoms with van der Waals surface area (Å²) in [6.07, 6.45) is 0.945. The van der Waals surface area contributed by atoms with Gasteiger partial charge in [-0.25, -0.2) is 9.97 Å². The highest BCUT2D eigenvalue weighted by atomic mass is 14.9. The number of nitrogens with two attached hydrogens (primary N) is 1. The maximum atomic E-state index is 6.05. The van der Waals surface area contributed by atoms with Gasteiger partial charge in [0.15, 0.2) is 0 Å². The minimum absolute atomic E-state index is 0.124. The molecule has 0 saturated heterocycles. The summed E-state index contributed by atoms with van der Waals surface area (Å²) < 4.78 is 0. The highest BCUT2D eigenvalue weighted by Crippen LogP contribution is 2.26. The van der Waals surface area contributed by atoms with Gasteiger partial charge in [0, 0.05) is 23.3 Å². The van der Waals surface area contributed by atoms with E-state index >= 15 is 0 Å². The molecule has 0 aliphatic carbocycles. The molecule has 1 heterocycles. The van der Waals surface area contributed by atoms with Crippen LogP contribution in [0.25, 0.3) is 0 Å². The molecule has 1 rings (SSSR count). The molecule has 2 unspecified atom stereocenters. The quantitative estimate of drug-likeness (QED) is 0.849. The average Bonchev–Trinajstić information content (AvgIpc) is 2.15. The Morgan fingerprint density at radius 2 is 1.88 bits per heavy atom. The average molecular weight is 221 g/mol. The first-order valence-corrected chi connectivity index (χ1v) is 6.05. The molecule has 2 atom stereocenters. The molecule has 3 nitrogen and oxygen atoms in total. The van der Waals surface area contributed by atoms with E-state index in [1.807, 2.05) is 13.8 Å². The van der Waals surface area contributed by atoms with Crippen LogP contribution in [0.5, 0.6) is 0 Å². The maximum Gasteiger partial charge on any atom is 0.125 e. The SMILES string of the molecule is CCc1cc(C(C(C)C)C(C)N)nc(C)n1. The molecule has 90 valence electrons. The Bertz CT molecular complexity index is 337. The van der Waals surface area contributed by atoms with Crippen molar-refractivity contribution < 1.29 is 0 Å². The summed E-state index contributed by atoms with van der Waals surface area (Å²) in [5.41, 5.74) is 8.25. The lowest BCUT2D eigenvalue weighted by Gasteiger charge is -2.24. The van der Waals surface area contributed by atoms with E-state index in [9.17, 15) is 0 Å². The van der Waals surface area contributed by atoms with Crippen LogP contribution in [0, 0.1) is 12.8 Å². The van der Waals surface area contributed by atoms with Crippen molar-refractivity contribution in [3.8, 4) is 0 Å². The van der Waals surface area contributed by atoms with Crippen molar-refractivity contribution in [1.82, 2.24) is 9.97 Å². The van der Waals surface area contributed by atoms with Crippen LogP contribution in [0.2, 0.25) is 0 Å². The molecule has 0 aliphatic heterocycles. The standard InChI is InChI=1S/C13H23N3/c1-6-11-7-12(16-10(5)15-11)13(8(2)3)9(4)14/h7-9,13H,6,14H2,1-5H3. The Morgan fingerprint density at radius 1 is 1.25 bits per heavy atom. The summed E-state index contributed by atoms with van der Waals surface area (Å²) in [5.74, 6) is 1.66. The largest absolute Gasteiger partial charge is 0.327 e. The zero-order valence-corrected chi connectivity index (χ0v) is 11.0. The third-order valence-corrected chi connectivity index (χ3v) is 2.90. The lowest BCUT2D eigenvalue weighted by molar-refractivity contribution is 0.425. The van der Waals surface area contributed by atoms with Gasteiger partial charge in [-0.3, -0.25) is 0 Å². The number of nitrogens with zero attached hydrogens (tertiary/aromatic N) is 2. The second kappa shape index (κ2) is 5.39. The minimum atomic E-state index is 0.124. The van der Waals surface area contributed by atoms with Crippen molar-refractivity contribution in [3.63, 3.8) is 0 Å². The Kier molecular flexibility index (Phi) is 4.42. The van der Waals surface area contributed by atoms with Gasteiger partial charge in [-0.05, 0) is 32.3 Å². The van der Waals surface area contributed by atoms with E-state index in [-0.39, 0.29) is 6.04 Å². The molecule has 0 saturated carbocycles. The minimum Gasteiger partial charge on any atom is -0.327 e. The molecule has 16 heavy (non-hydrogen) atoms. The third-order valence-electron chi connectivity index (χ3n) is 2.90. The van der Waals surface area contributed by atoms with Gasteiger partial charge < -0.3 is 5.73 Å². The van der Waals surface area contributed by atoms with Gasteiger partial charge in [-0.1, -0.05) is 20.8 Å². The maximum absolute atomic E-state index is 6.05. The molecule has 2 N–H and O–H groups in total. The van der Waals surface area contributed by atoms with Crippen LogP contribution in [-0.4, -0.2) is 16.0 Å². The second-order valence-corrected chi connectivity index (χ2v) is 4.81. The molecule has 1 aromatic heterocycles. The molecule has 1 aromatic rings. The van der Waals surface area contributed by atoms with Gasteiger partial charge in [0.2, 0.25) is 0 Å². The van der Waals surface area contributed by atoms with Crippen molar-refractivity contribution in [3.05, 3.63) is 23.3 Å². The van der Waals surface area contributed by atoms with E-state index in [0.717, 1.165) is 23.6 Å². The van der Waals surface area contributed by atoms with Gasteiger partial charge in [0.1, 0.15) is 5.82 Å². The summed E-state index contributed by atoms with van der Waals surface area (Å²) in [5, 5.41) is 0. The molecule has 0 amide bonds. The lowest BCUT2D eigenvalue weighted by Crippen LogP contribution is -2.29. The molecule has 0 spiro atoms.